The molecule has 0 bridgehead atoms. The van der Waals surface area contributed by atoms with Crippen molar-refractivity contribution in [2.24, 2.45) is 0 Å². The Morgan fingerprint density at radius 1 is 1.50 bits per heavy atom. The molecule has 0 atom stereocenters. The van der Waals surface area contributed by atoms with E-state index in [1.165, 1.54) is 12.1 Å². The van der Waals surface area contributed by atoms with Crippen molar-refractivity contribution in [1.29, 1.82) is 0 Å². The van der Waals surface area contributed by atoms with Crippen LogP contribution in [-0.4, -0.2) is 22.2 Å². The topological polar surface area (TPSA) is 68.9 Å². The largest absolute Gasteiger partial charge is 0.270 e. The molecule has 0 saturated heterocycles. The van der Waals surface area contributed by atoms with Crippen LogP contribution in [-0.2, 0) is 0 Å². The lowest BCUT2D eigenvalue weighted by molar-refractivity contribution is -0.384. The fourth-order valence-electron chi connectivity index (χ4n) is 1.52. The molecule has 0 fully saturated rings. The normalized spacial score (nSPS) is 10.3. The Bertz CT molecular complexity index is 545. The third-order valence-corrected chi connectivity index (χ3v) is 2.30. The zero-order chi connectivity index (χ0) is 11.5. The van der Waals surface area contributed by atoms with E-state index in [1.807, 2.05) is 0 Å². The minimum Gasteiger partial charge on any atom is -0.258 e. The maximum atomic E-state index is 10.6. The monoisotopic (exact) mass is 215 g/mol. The van der Waals surface area contributed by atoms with E-state index in [0.717, 1.165) is 24.8 Å². The Morgan fingerprint density at radius 3 is 3.00 bits per heavy atom. The van der Waals surface area contributed by atoms with Crippen LogP contribution in [0.25, 0.3) is 10.9 Å². The quantitative estimate of drug-likeness (QED) is 0.435. The van der Waals surface area contributed by atoms with Crippen molar-refractivity contribution in [3.63, 3.8) is 0 Å². The van der Waals surface area contributed by atoms with Gasteiger partial charge in [0, 0.05) is 23.7 Å². The second-order valence-electron chi connectivity index (χ2n) is 3.54. The zero-order valence-electron chi connectivity index (χ0n) is 8.88. The summed E-state index contributed by atoms with van der Waals surface area (Å²) >= 11 is 0. The molecular weight excluding hydrogens is 205 g/mol. The lowest BCUT2D eigenvalue weighted by Gasteiger charge is -1.99. The number of hydrogen-bond donors (Lipinski definition) is 0. The van der Waals surface area contributed by atoms with Gasteiger partial charge < -0.3 is 0 Å². The second kappa shape index (κ2) is 4.26. The highest BCUT2D eigenvalue weighted by Gasteiger charge is 2.07. The molecular formula is C10H10BN3O2. The predicted molar refractivity (Wildman–Crippen MR) is 63.5 cm³/mol. The van der Waals surface area contributed by atoms with Crippen LogP contribution in [0.15, 0.2) is 24.4 Å². The smallest absolute Gasteiger partial charge is 0.258 e. The van der Waals surface area contributed by atoms with Gasteiger partial charge in [-0.05, 0) is 6.07 Å². The molecule has 80 valence electrons. The van der Waals surface area contributed by atoms with E-state index in [1.54, 1.807) is 12.3 Å². The van der Waals surface area contributed by atoms with Crippen LogP contribution in [0.4, 0.5) is 5.69 Å². The van der Waals surface area contributed by atoms with Gasteiger partial charge in [-0.1, -0.05) is 13.2 Å². The SMILES string of the molecule is CCBc1ncc2cc([N+](=O)[O-])ccc2n1. The van der Waals surface area contributed by atoms with Gasteiger partial charge in [-0.25, -0.2) is 4.98 Å². The molecule has 16 heavy (non-hydrogen) atoms. The molecule has 0 amide bonds. The third kappa shape index (κ3) is 2.00. The molecule has 0 N–H and O–H groups in total. The number of fused-ring (bicyclic) bond motifs is 1. The first-order valence-electron chi connectivity index (χ1n) is 5.11. The standard InChI is InChI=1S/C10H10BN3O2/c1-2-11-10-12-6-7-5-8(14(15)16)3-4-9(7)13-10/h3-6,11H,2H2,1H3. The molecule has 0 aliphatic rings. The minimum absolute atomic E-state index is 0.0688. The summed E-state index contributed by atoms with van der Waals surface area (Å²) in [6.45, 7) is 2.06. The van der Waals surface area contributed by atoms with Gasteiger partial charge in [0.15, 0.2) is 0 Å². The molecule has 0 radical (unpaired) electrons. The number of non-ortho nitro benzene ring substituents is 1. The molecule has 0 aliphatic carbocycles. The van der Waals surface area contributed by atoms with Gasteiger partial charge in [-0.15, -0.1) is 0 Å². The molecule has 6 heteroatoms. The molecule has 0 spiro atoms. The van der Waals surface area contributed by atoms with E-state index in [0.29, 0.717) is 5.39 Å². The highest BCUT2D eigenvalue weighted by atomic mass is 16.6. The summed E-state index contributed by atoms with van der Waals surface area (Å²) in [7, 11) is 0.826. The number of nitro benzene ring substituents is 1. The van der Waals surface area contributed by atoms with Crippen LogP contribution >= 0.6 is 0 Å². The summed E-state index contributed by atoms with van der Waals surface area (Å²) in [5, 5.41) is 11.3. The molecule has 2 rings (SSSR count). The number of nitro groups is 1. The Kier molecular flexibility index (Phi) is 2.81. The first kappa shape index (κ1) is 10.5. The fraction of sp³-hybridized carbons (Fsp3) is 0.200. The zero-order valence-corrected chi connectivity index (χ0v) is 8.88. The molecule has 5 nitrogen and oxygen atoms in total. The Balaban J connectivity index is 2.48. The summed E-state index contributed by atoms with van der Waals surface area (Å²) < 4.78 is 0. The van der Waals surface area contributed by atoms with Crippen LogP contribution in [0.5, 0.6) is 0 Å². The van der Waals surface area contributed by atoms with Crippen molar-refractivity contribution in [1.82, 2.24) is 9.97 Å². The molecule has 0 aliphatic heterocycles. The molecule has 2 aromatic rings. The molecule has 1 aromatic carbocycles. The van der Waals surface area contributed by atoms with Crippen molar-refractivity contribution < 1.29 is 4.92 Å². The van der Waals surface area contributed by atoms with Crippen LogP contribution < -0.4 is 5.72 Å². The predicted octanol–water partition coefficient (Wildman–Crippen LogP) is 1.04. The minimum atomic E-state index is -0.417. The summed E-state index contributed by atoms with van der Waals surface area (Å²) in [6, 6.07) is 4.62. The maximum absolute atomic E-state index is 10.6. The van der Waals surface area contributed by atoms with Gasteiger partial charge in [0.2, 0.25) is 7.28 Å². The average Bonchev–Trinajstić information content (AvgIpc) is 2.28. The second-order valence-corrected chi connectivity index (χ2v) is 3.54. The van der Waals surface area contributed by atoms with Crippen LogP contribution in [0.3, 0.4) is 0 Å². The highest BCUT2D eigenvalue weighted by molar-refractivity contribution is 6.51. The fourth-order valence-corrected chi connectivity index (χ4v) is 1.52. The average molecular weight is 215 g/mol. The van der Waals surface area contributed by atoms with Crippen LogP contribution in [0, 0.1) is 10.1 Å². The summed E-state index contributed by atoms with van der Waals surface area (Å²) in [5.41, 5.74) is 1.60. The van der Waals surface area contributed by atoms with Crippen molar-refractivity contribution in [3.8, 4) is 0 Å². The molecule has 1 heterocycles. The van der Waals surface area contributed by atoms with E-state index in [9.17, 15) is 10.1 Å². The molecule has 0 unspecified atom stereocenters. The van der Waals surface area contributed by atoms with Crippen molar-refractivity contribution in [2.75, 3.05) is 0 Å². The van der Waals surface area contributed by atoms with Crippen molar-refractivity contribution in [2.45, 2.75) is 13.2 Å². The van der Waals surface area contributed by atoms with Gasteiger partial charge in [0.1, 0.15) is 0 Å². The lowest BCUT2D eigenvalue weighted by atomic mass is 9.74. The van der Waals surface area contributed by atoms with Crippen LogP contribution in [0.1, 0.15) is 6.92 Å². The third-order valence-electron chi connectivity index (χ3n) is 2.30. The van der Waals surface area contributed by atoms with Gasteiger partial charge >= 0.3 is 0 Å². The molecule has 0 saturated carbocycles. The number of aromatic nitrogens is 2. The van der Waals surface area contributed by atoms with E-state index >= 15 is 0 Å². The Hall–Kier alpha value is -1.98. The number of nitrogens with zero attached hydrogens (tertiary/aromatic N) is 3. The number of benzene rings is 1. The van der Waals surface area contributed by atoms with Gasteiger partial charge in [-0.3, -0.25) is 15.1 Å². The summed E-state index contributed by atoms with van der Waals surface area (Å²) in [6.07, 6.45) is 2.62. The first-order valence-corrected chi connectivity index (χ1v) is 5.11. The highest BCUT2D eigenvalue weighted by Crippen LogP contribution is 2.17. The van der Waals surface area contributed by atoms with Gasteiger partial charge in [-0.2, -0.15) is 0 Å². The van der Waals surface area contributed by atoms with Crippen molar-refractivity contribution in [3.05, 3.63) is 34.5 Å². The van der Waals surface area contributed by atoms with E-state index in [-0.39, 0.29) is 5.69 Å². The van der Waals surface area contributed by atoms with Gasteiger partial charge in [0.25, 0.3) is 5.69 Å². The first-order chi connectivity index (χ1) is 7.70. The number of hydrogen-bond acceptors (Lipinski definition) is 4. The van der Waals surface area contributed by atoms with Gasteiger partial charge in [0.05, 0.1) is 16.2 Å². The van der Waals surface area contributed by atoms with E-state index < -0.39 is 4.92 Å². The Labute approximate surface area is 92.9 Å². The lowest BCUT2D eigenvalue weighted by Crippen LogP contribution is -2.20. The van der Waals surface area contributed by atoms with Crippen LogP contribution in [0.2, 0.25) is 6.32 Å². The van der Waals surface area contributed by atoms with E-state index in [4.69, 9.17) is 0 Å². The number of rotatable bonds is 3. The van der Waals surface area contributed by atoms with Crippen molar-refractivity contribution >= 4 is 29.6 Å². The Morgan fingerprint density at radius 2 is 2.31 bits per heavy atom. The summed E-state index contributed by atoms with van der Waals surface area (Å²) in [5.74, 6) is 0. The molecule has 1 aromatic heterocycles. The summed E-state index contributed by atoms with van der Waals surface area (Å²) in [4.78, 5) is 18.7. The maximum Gasteiger partial charge on any atom is 0.270 e. The van der Waals surface area contributed by atoms with E-state index in [2.05, 4.69) is 16.9 Å².